The van der Waals surface area contributed by atoms with Crippen LogP contribution in [0.4, 0.5) is 11.4 Å². The molecular formula is C21H17N3O2. The fourth-order valence-corrected chi connectivity index (χ4v) is 3.10. The number of anilines is 2. The average Bonchev–Trinajstić information content (AvgIpc) is 2.96. The Balaban J connectivity index is 1.60. The lowest BCUT2D eigenvalue weighted by Gasteiger charge is -2.15. The zero-order chi connectivity index (χ0) is 18.1. The fourth-order valence-electron chi connectivity index (χ4n) is 3.10. The first kappa shape index (κ1) is 16.0. The Morgan fingerprint density at radius 3 is 2.42 bits per heavy atom. The Kier molecular flexibility index (Phi) is 3.97. The molecule has 1 aliphatic rings. The molecule has 0 spiro atoms. The van der Waals surface area contributed by atoms with Crippen molar-refractivity contribution in [3.63, 3.8) is 0 Å². The Labute approximate surface area is 150 Å². The molecule has 3 aromatic rings. The van der Waals surface area contributed by atoms with Crippen LogP contribution >= 0.6 is 0 Å². The van der Waals surface area contributed by atoms with Crippen LogP contribution in [0.15, 0.2) is 77.9 Å². The number of nitrogens with zero attached hydrogens (tertiary/aromatic N) is 2. The van der Waals surface area contributed by atoms with Crippen molar-refractivity contribution in [2.24, 2.45) is 11.0 Å². The van der Waals surface area contributed by atoms with Crippen molar-refractivity contribution in [1.82, 2.24) is 0 Å². The van der Waals surface area contributed by atoms with Gasteiger partial charge in [0, 0.05) is 5.69 Å². The van der Waals surface area contributed by atoms with Gasteiger partial charge in [-0.2, -0.15) is 10.1 Å². The van der Waals surface area contributed by atoms with Crippen LogP contribution < -0.4 is 10.3 Å². The second kappa shape index (κ2) is 6.44. The molecule has 0 fully saturated rings. The van der Waals surface area contributed by atoms with Gasteiger partial charge >= 0.3 is 0 Å². The van der Waals surface area contributed by atoms with Crippen LogP contribution in [0.25, 0.3) is 10.8 Å². The highest BCUT2D eigenvalue weighted by Crippen LogP contribution is 2.28. The van der Waals surface area contributed by atoms with E-state index in [1.165, 1.54) is 5.01 Å². The molecule has 1 unspecified atom stereocenters. The van der Waals surface area contributed by atoms with Crippen molar-refractivity contribution in [3.8, 4) is 0 Å². The number of carbonyl (C=O) groups excluding carboxylic acids is 2. The smallest absolute Gasteiger partial charge is 0.265 e. The van der Waals surface area contributed by atoms with Gasteiger partial charge in [0.25, 0.3) is 5.91 Å². The third kappa shape index (κ3) is 2.84. The number of nitrogens with one attached hydrogen (secondary N) is 1. The molecule has 1 N–H and O–H groups in total. The maximum atomic E-state index is 12.8. The predicted molar refractivity (Wildman–Crippen MR) is 103 cm³/mol. The predicted octanol–water partition coefficient (Wildman–Crippen LogP) is 3.82. The van der Waals surface area contributed by atoms with E-state index in [0.717, 1.165) is 10.8 Å². The van der Waals surface area contributed by atoms with E-state index < -0.39 is 5.92 Å². The quantitative estimate of drug-likeness (QED) is 0.735. The molecule has 1 atom stereocenters. The van der Waals surface area contributed by atoms with E-state index in [9.17, 15) is 9.59 Å². The zero-order valence-electron chi connectivity index (χ0n) is 14.2. The van der Waals surface area contributed by atoms with Crippen LogP contribution in [0.5, 0.6) is 0 Å². The molecule has 1 aliphatic heterocycles. The van der Waals surface area contributed by atoms with Crippen LogP contribution in [0.1, 0.15) is 6.92 Å². The van der Waals surface area contributed by atoms with Gasteiger partial charge in [0.15, 0.2) is 5.92 Å². The van der Waals surface area contributed by atoms with Crippen LogP contribution in [0, 0.1) is 5.92 Å². The number of hydrogen-bond donors (Lipinski definition) is 1. The van der Waals surface area contributed by atoms with Crippen LogP contribution in [0.3, 0.4) is 0 Å². The molecule has 1 heterocycles. The lowest BCUT2D eigenvalue weighted by molar-refractivity contribution is -0.127. The summed E-state index contributed by atoms with van der Waals surface area (Å²) in [4.78, 5) is 25.4. The largest absolute Gasteiger partial charge is 0.325 e. The summed E-state index contributed by atoms with van der Waals surface area (Å²) in [6, 6.07) is 22.7. The van der Waals surface area contributed by atoms with Crippen molar-refractivity contribution in [2.75, 3.05) is 10.3 Å². The number of fused-ring (bicyclic) bond motifs is 1. The summed E-state index contributed by atoms with van der Waals surface area (Å²) in [6.07, 6.45) is 0. The molecule has 2 amide bonds. The molecule has 0 bridgehead atoms. The molecule has 0 aliphatic carbocycles. The maximum absolute atomic E-state index is 12.8. The van der Waals surface area contributed by atoms with Gasteiger partial charge in [-0.3, -0.25) is 9.59 Å². The standard InChI is InChI=1S/C21H17N3O2/c1-14-19(20(25)22-17-9-3-2-4-10-17)21(26)24(23-14)18-12-11-15-7-5-6-8-16(15)13-18/h2-13,19H,1H3,(H,22,25). The number of hydrogen-bond acceptors (Lipinski definition) is 3. The molecule has 5 heteroatoms. The van der Waals surface area contributed by atoms with Gasteiger partial charge in [0.1, 0.15) is 0 Å². The van der Waals surface area contributed by atoms with Gasteiger partial charge in [-0.15, -0.1) is 0 Å². The van der Waals surface area contributed by atoms with Gasteiger partial charge in [0.2, 0.25) is 5.91 Å². The molecule has 0 aromatic heterocycles. The molecule has 5 nitrogen and oxygen atoms in total. The minimum absolute atomic E-state index is 0.341. The monoisotopic (exact) mass is 343 g/mol. The second-order valence-corrected chi connectivity index (χ2v) is 6.21. The maximum Gasteiger partial charge on any atom is 0.265 e. The summed E-state index contributed by atoms with van der Waals surface area (Å²) in [5, 5.41) is 10.5. The van der Waals surface area contributed by atoms with Crippen molar-refractivity contribution in [2.45, 2.75) is 6.92 Å². The molecule has 3 aromatic carbocycles. The zero-order valence-corrected chi connectivity index (χ0v) is 14.2. The summed E-state index contributed by atoms with van der Waals surface area (Å²) in [5.74, 6) is -1.63. The number of para-hydroxylation sites is 1. The van der Waals surface area contributed by atoms with Crippen molar-refractivity contribution >= 4 is 39.7 Å². The van der Waals surface area contributed by atoms with Gasteiger partial charge in [-0.25, -0.2) is 0 Å². The number of amides is 2. The van der Waals surface area contributed by atoms with Crippen molar-refractivity contribution < 1.29 is 9.59 Å². The summed E-state index contributed by atoms with van der Waals surface area (Å²) in [5.41, 5.74) is 1.79. The number of benzene rings is 3. The number of hydrazone groups is 1. The normalized spacial score (nSPS) is 16.7. The lowest BCUT2D eigenvalue weighted by atomic mass is 10.0. The van der Waals surface area contributed by atoms with Crippen LogP contribution in [0.2, 0.25) is 0 Å². The highest BCUT2D eigenvalue weighted by Gasteiger charge is 2.39. The molecule has 0 saturated heterocycles. The molecule has 0 saturated carbocycles. The van der Waals surface area contributed by atoms with Crippen molar-refractivity contribution in [1.29, 1.82) is 0 Å². The first-order valence-corrected chi connectivity index (χ1v) is 8.37. The lowest BCUT2D eigenvalue weighted by Crippen LogP contribution is -2.36. The van der Waals surface area contributed by atoms with E-state index >= 15 is 0 Å². The number of carbonyl (C=O) groups is 2. The Hall–Kier alpha value is -3.47. The van der Waals surface area contributed by atoms with Gasteiger partial charge in [-0.1, -0.05) is 48.5 Å². The third-order valence-electron chi connectivity index (χ3n) is 4.41. The number of rotatable bonds is 3. The van der Waals surface area contributed by atoms with E-state index in [0.29, 0.717) is 17.1 Å². The highest BCUT2D eigenvalue weighted by molar-refractivity contribution is 6.28. The minimum Gasteiger partial charge on any atom is -0.325 e. The van der Waals surface area contributed by atoms with E-state index in [4.69, 9.17) is 0 Å². The first-order valence-electron chi connectivity index (χ1n) is 8.37. The molecular weight excluding hydrogens is 326 g/mol. The molecule has 0 radical (unpaired) electrons. The molecule has 128 valence electrons. The minimum atomic E-state index is -0.915. The second-order valence-electron chi connectivity index (χ2n) is 6.21. The summed E-state index contributed by atoms with van der Waals surface area (Å²) in [7, 11) is 0. The van der Waals surface area contributed by atoms with Crippen LogP contribution in [-0.2, 0) is 9.59 Å². The van der Waals surface area contributed by atoms with Crippen LogP contribution in [-0.4, -0.2) is 17.5 Å². The van der Waals surface area contributed by atoms with E-state index in [-0.39, 0.29) is 11.8 Å². The van der Waals surface area contributed by atoms with E-state index in [2.05, 4.69) is 10.4 Å². The Morgan fingerprint density at radius 2 is 1.65 bits per heavy atom. The van der Waals surface area contributed by atoms with Gasteiger partial charge in [-0.05, 0) is 42.0 Å². The average molecular weight is 343 g/mol. The van der Waals surface area contributed by atoms with E-state index in [1.807, 2.05) is 60.7 Å². The van der Waals surface area contributed by atoms with Crippen molar-refractivity contribution in [3.05, 3.63) is 72.8 Å². The van der Waals surface area contributed by atoms with Gasteiger partial charge in [0.05, 0.1) is 11.4 Å². The summed E-state index contributed by atoms with van der Waals surface area (Å²) in [6.45, 7) is 1.70. The third-order valence-corrected chi connectivity index (χ3v) is 4.41. The summed E-state index contributed by atoms with van der Waals surface area (Å²) >= 11 is 0. The molecule has 4 rings (SSSR count). The topological polar surface area (TPSA) is 61.8 Å². The first-order chi connectivity index (χ1) is 12.6. The fraction of sp³-hybridized carbons (Fsp3) is 0.0952. The Bertz CT molecular complexity index is 1030. The Morgan fingerprint density at radius 1 is 0.962 bits per heavy atom. The van der Waals surface area contributed by atoms with E-state index in [1.54, 1.807) is 19.1 Å². The SMILES string of the molecule is CC1=NN(c2ccc3ccccc3c2)C(=O)C1C(=O)Nc1ccccc1. The van der Waals surface area contributed by atoms with Gasteiger partial charge < -0.3 is 5.32 Å². The summed E-state index contributed by atoms with van der Waals surface area (Å²) < 4.78 is 0. The highest BCUT2D eigenvalue weighted by atomic mass is 16.2. The molecule has 26 heavy (non-hydrogen) atoms.